The Labute approximate surface area is 87.1 Å². The van der Waals surface area contributed by atoms with E-state index >= 15 is 0 Å². The largest absolute Gasteiger partial charge is 0.480 e. The van der Waals surface area contributed by atoms with Crippen molar-refractivity contribution in [2.24, 2.45) is 0 Å². The van der Waals surface area contributed by atoms with Gasteiger partial charge in [-0.05, 0) is 18.6 Å². The highest BCUT2D eigenvalue weighted by Crippen LogP contribution is 2.23. The molecule has 1 aromatic rings. The first-order chi connectivity index (χ1) is 7.08. The Morgan fingerprint density at radius 2 is 2.27 bits per heavy atom. The second kappa shape index (κ2) is 3.38. The average Bonchev–Trinajstić information content (AvgIpc) is 2.42. The minimum absolute atomic E-state index is 0.188. The SMILES string of the molecule is Cc1ccc2c(c1)CN(CC(=O)O)C2=O. The van der Waals surface area contributed by atoms with Crippen molar-refractivity contribution in [1.29, 1.82) is 0 Å². The number of nitrogens with zero attached hydrogens (tertiary/aromatic N) is 1. The average molecular weight is 205 g/mol. The first-order valence-electron chi connectivity index (χ1n) is 4.68. The van der Waals surface area contributed by atoms with Crippen molar-refractivity contribution in [1.82, 2.24) is 4.90 Å². The lowest BCUT2D eigenvalue weighted by Gasteiger charge is -2.11. The van der Waals surface area contributed by atoms with Crippen LogP contribution in [0.2, 0.25) is 0 Å². The zero-order valence-corrected chi connectivity index (χ0v) is 8.36. The van der Waals surface area contributed by atoms with Crippen LogP contribution in [0.5, 0.6) is 0 Å². The summed E-state index contributed by atoms with van der Waals surface area (Å²) in [5.74, 6) is -1.17. The van der Waals surface area contributed by atoms with Crippen LogP contribution in [-0.2, 0) is 11.3 Å². The molecule has 1 heterocycles. The maximum atomic E-state index is 11.7. The van der Waals surface area contributed by atoms with Crippen LogP contribution in [0, 0.1) is 6.92 Å². The molecule has 2 rings (SSSR count). The van der Waals surface area contributed by atoms with E-state index in [1.807, 2.05) is 19.1 Å². The van der Waals surface area contributed by atoms with E-state index < -0.39 is 5.97 Å². The minimum atomic E-state index is -0.979. The van der Waals surface area contributed by atoms with E-state index in [0.29, 0.717) is 12.1 Å². The van der Waals surface area contributed by atoms with Crippen LogP contribution in [0.3, 0.4) is 0 Å². The Bertz CT molecular complexity index is 439. The van der Waals surface area contributed by atoms with E-state index in [2.05, 4.69) is 0 Å². The minimum Gasteiger partial charge on any atom is -0.480 e. The summed E-state index contributed by atoms with van der Waals surface area (Å²) in [5.41, 5.74) is 2.63. The summed E-state index contributed by atoms with van der Waals surface area (Å²) < 4.78 is 0. The molecular weight excluding hydrogens is 194 g/mol. The van der Waals surface area contributed by atoms with E-state index in [4.69, 9.17) is 5.11 Å². The highest BCUT2D eigenvalue weighted by atomic mass is 16.4. The summed E-state index contributed by atoms with van der Waals surface area (Å²) in [6.07, 6.45) is 0. The molecule has 0 spiro atoms. The fraction of sp³-hybridized carbons (Fsp3) is 0.273. The van der Waals surface area contributed by atoms with Gasteiger partial charge in [0.2, 0.25) is 0 Å². The summed E-state index contributed by atoms with van der Waals surface area (Å²) in [6.45, 7) is 2.12. The molecule has 78 valence electrons. The van der Waals surface area contributed by atoms with Gasteiger partial charge in [0.25, 0.3) is 5.91 Å². The molecule has 1 aliphatic heterocycles. The van der Waals surface area contributed by atoms with E-state index in [9.17, 15) is 9.59 Å². The molecule has 0 aromatic heterocycles. The number of carbonyl (C=O) groups is 2. The number of rotatable bonds is 2. The van der Waals surface area contributed by atoms with Gasteiger partial charge in [-0.25, -0.2) is 0 Å². The van der Waals surface area contributed by atoms with Gasteiger partial charge in [-0.3, -0.25) is 9.59 Å². The van der Waals surface area contributed by atoms with Crippen molar-refractivity contribution in [2.75, 3.05) is 6.54 Å². The van der Waals surface area contributed by atoms with Crippen LogP contribution >= 0.6 is 0 Å². The highest BCUT2D eigenvalue weighted by molar-refractivity contribution is 5.99. The molecule has 0 atom stereocenters. The number of fused-ring (bicyclic) bond motifs is 1. The first kappa shape index (κ1) is 9.71. The van der Waals surface area contributed by atoms with Crippen molar-refractivity contribution < 1.29 is 14.7 Å². The van der Waals surface area contributed by atoms with E-state index in [1.165, 1.54) is 4.90 Å². The van der Waals surface area contributed by atoms with Gasteiger partial charge < -0.3 is 10.0 Å². The fourth-order valence-electron chi connectivity index (χ4n) is 1.80. The third kappa shape index (κ3) is 1.70. The van der Waals surface area contributed by atoms with Gasteiger partial charge in [0.15, 0.2) is 0 Å². The highest BCUT2D eigenvalue weighted by Gasteiger charge is 2.28. The summed E-state index contributed by atoms with van der Waals surface area (Å²) in [6, 6.07) is 5.55. The van der Waals surface area contributed by atoms with Gasteiger partial charge in [-0.2, -0.15) is 0 Å². The quantitative estimate of drug-likeness (QED) is 0.784. The molecule has 1 N–H and O–H groups in total. The molecule has 0 aliphatic carbocycles. The number of aryl methyl sites for hydroxylation is 1. The number of amides is 1. The van der Waals surface area contributed by atoms with E-state index in [-0.39, 0.29) is 12.5 Å². The smallest absolute Gasteiger partial charge is 0.323 e. The lowest BCUT2D eigenvalue weighted by atomic mass is 10.1. The van der Waals surface area contributed by atoms with Crippen molar-refractivity contribution in [2.45, 2.75) is 13.5 Å². The Morgan fingerprint density at radius 3 is 2.93 bits per heavy atom. The van der Waals surface area contributed by atoms with Crippen molar-refractivity contribution >= 4 is 11.9 Å². The van der Waals surface area contributed by atoms with Gasteiger partial charge in [-0.15, -0.1) is 0 Å². The number of carboxylic acid groups (broad SMARTS) is 1. The third-order valence-electron chi connectivity index (χ3n) is 2.47. The Hall–Kier alpha value is -1.84. The molecular formula is C11H11NO3. The predicted molar refractivity (Wildman–Crippen MR) is 53.6 cm³/mol. The van der Waals surface area contributed by atoms with E-state index in [1.54, 1.807) is 6.07 Å². The molecule has 0 bridgehead atoms. The maximum absolute atomic E-state index is 11.7. The summed E-state index contributed by atoms with van der Waals surface area (Å²) in [7, 11) is 0. The number of carbonyl (C=O) groups excluding carboxylic acids is 1. The summed E-state index contributed by atoms with van der Waals surface area (Å²) >= 11 is 0. The van der Waals surface area contributed by atoms with Gasteiger partial charge in [-0.1, -0.05) is 17.7 Å². The molecule has 4 nitrogen and oxygen atoms in total. The van der Waals surface area contributed by atoms with Crippen LogP contribution in [0.4, 0.5) is 0 Å². The van der Waals surface area contributed by atoms with Crippen molar-refractivity contribution in [3.05, 3.63) is 34.9 Å². The van der Waals surface area contributed by atoms with Crippen LogP contribution in [0.15, 0.2) is 18.2 Å². The predicted octanol–water partition coefficient (Wildman–Crippen LogP) is 1.04. The molecule has 1 amide bonds. The van der Waals surface area contributed by atoms with Crippen molar-refractivity contribution in [3.8, 4) is 0 Å². The molecule has 4 heteroatoms. The second-order valence-corrected chi connectivity index (χ2v) is 3.72. The fourth-order valence-corrected chi connectivity index (χ4v) is 1.80. The first-order valence-corrected chi connectivity index (χ1v) is 4.68. The third-order valence-corrected chi connectivity index (χ3v) is 2.47. The number of carboxylic acids is 1. The molecule has 0 saturated carbocycles. The topological polar surface area (TPSA) is 57.6 Å². The molecule has 0 saturated heterocycles. The maximum Gasteiger partial charge on any atom is 0.323 e. The molecule has 0 radical (unpaired) electrons. The molecule has 0 fully saturated rings. The van der Waals surface area contributed by atoms with Crippen LogP contribution < -0.4 is 0 Å². The Kier molecular flexibility index (Phi) is 2.19. The second-order valence-electron chi connectivity index (χ2n) is 3.72. The monoisotopic (exact) mass is 205 g/mol. The van der Waals surface area contributed by atoms with Gasteiger partial charge in [0.1, 0.15) is 6.54 Å². The number of aliphatic carboxylic acids is 1. The van der Waals surface area contributed by atoms with Crippen LogP contribution in [-0.4, -0.2) is 28.4 Å². The lowest BCUT2D eigenvalue weighted by Crippen LogP contribution is -2.29. The Balaban J connectivity index is 2.29. The zero-order valence-electron chi connectivity index (χ0n) is 8.36. The van der Waals surface area contributed by atoms with Crippen LogP contribution in [0.25, 0.3) is 0 Å². The number of hydrogen-bond acceptors (Lipinski definition) is 2. The standard InChI is InChI=1S/C11H11NO3/c1-7-2-3-9-8(4-7)5-12(11(9)15)6-10(13)14/h2-4H,5-6H2,1H3,(H,13,14). The van der Waals surface area contributed by atoms with E-state index in [0.717, 1.165) is 11.1 Å². The number of benzene rings is 1. The van der Waals surface area contributed by atoms with Gasteiger partial charge in [0, 0.05) is 12.1 Å². The lowest BCUT2D eigenvalue weighted by molar-refractivity contribution is -0.137. The molecule has 0 unspecified atom stereocenters. The summed E-state index contributed by atoms with van der Waals surface area (Å²) in [4.78, 5) is 23.6. The van der Waals surface area contributed by atoms with Crippen molar-refractivity contribution in [3.63, 3.8) is 0 Å². The zero-order chi connectivity index (χ0) is 11.0. The summed E-state index contributed by atoms with van der Waals surface area (Å²) in [5, 5.41) is 8.63. The molecule has 1 aliphatic rings. The number of hydrogen-bond donors (Lipinski definition) is 1. The molecule has 1 aromatic carbocycles. The van der Waals surface area contributed by atoms with Crippen LogP contribution in [0.1, 0.15) is 21.5 Å². The molecule has 15 heavy (non-hydrogen) atoms. The van der Waals surface area contributed by atoms with Gasteiger partial charge >= 0.3 is 5.97 Å². The Morgan fingerprint density at radius 1 is 1.53 bits per heavy atom. The normalized spacial score (nSPS) is 14.2. The van der Waals surface area contributed by atoms with Gasteiger partial charge in [0.05, 0.1) is 0 Å².